The second-order valence-electron chi connectivity index (χ2n) is 6.64. The summed E-state index contributed by atoms with van der Waals surface area (Å²) < 4.78 is 5.09. The van der Waals surface area contributed by atoms with Crippen LogP contribution in [0.2, 0.25) is 0 Å². The van der Waals surface area contributed by atoms with E-state index >= 15 is 0 Å². The standard InChI is InChI=1S/C16H25N5O2/c1-10-11(2)17-14(16(22)18-12-8-23-9-12)19-15(10)21-6-5-13(7-21)20(3)4/h12-13H,5-9H2,1-4H3,(H,18,22)/t13-/m1/s1. The molecule has 0 aliphatic carbocycles. The predicted octanol–water partition coefficient (Wildman–Crippen LogP) is 0.362. The number of amides is 1. The molecular formula is C16H25N5O2. The van der Waals surface area contributed by atoms with Gasteiger partial charge in [0.2, 0.25) is 5.82 Å². The molecule has 0 saturated carbocycles. The molecule has 7 nitrogen and oxygen atoms in total. The van der Waals surface area contributed by atoms with Crippen molar-refractivity contribution >= 4 is 11.7 Å². The van der Waals surface area contributed by atoms with Crippen LogP contribution in [0.1, 0.15) is 28.3 Å². The molecule has 126 valence electrons. The maximum Gasteiger partial charge on any atom is 0.289 e. The molecule has 23 heavy (non-hydrogen) atoms. The van der Waals surface area contributed by atoms with E-state index in [2.05, 4.69) is 39.2 Å². The number of aromatic nitrogens is 2. The van der Waals surface area contributed by atoms with Gasteiger partial charge in [0.15, 0.2) is 0 Å². The van der Waals surface area contributed by atoms with Gasteiger partial charge in [-0.15, -0.1) is 0 Å². The summed E-state index contributed by atoms with van der Waals surface area (Å²) in [5.41, 5.74) is 1.91. The van der Waals surface area contributed by atoms with Gasteiger partial charge in [-0.1, -0.05) is 0 Å². The molecule has 7 heteroatoms. The minimum atomic E-state index is -0.217. The highest BCUT2D eigenvalue weighted by atomic mass is 16.5. The molecule has 1 N–H and O–H groups in total. The fourth-order valence-corrected chi connectivity index (χ4v) is 2.95. The minimum Gasteiger partial charge on any atom is -0.377 e. The van der Waals surface area contributed by atoms with E-state index in [1.807, 2.05) is 13.8 Å². The van der Waals surface area contributed by atoms with Crippen LogP contribution in [0, 0.1) is 13.8 Å². The van der Waals surface area contributed by atoms with Crippen LogP contribution in [0.5, 0.6) is 0 Å². The Morgan fingerprint density at radius 1 is 1.30 bits per heavy atom. The van der Waals surface area contributed by atoms with Crippen LogP contribution in [0.15, 0.2) is 0 Å². The number of ether oxygens (including phenoxy) is 1. The molecule has 2 aliphatic rings. The maximum atomic E-state index is 12.3. The molecule has 0 aromatic carbocycles. The molecular weight excluding hydrogens is 294 g/mol. The Kier molecular flexibility index (Phi) is 4.50. The highest BCUT2D eigenvalue weighted by molar-refractivity contribution is 5.91. The summed E-state index contributed by atoms with van der Waals surface area (Å²) in [6.45, 7) is 6.98. The summed E-state index contributed by atoms with van der Waals surface area (Å²) in [6.07, 6.45) is 1.11. The highest BCUT2D eigenvalue weighted by Crippen LogP contribution is 2.25. The van der Waals surface area contributed by atoms with Crippen molar-refractivity contribution in [3.05, 3.63) is 17.1 Å². The van der Waals surface area contributed by atoms with Crippen LogP contribution >= 0.6 is 0 Å². The lowest BCUT2D eigenvalue weighted by Gasteiger charge is -2.27. The van der Waals surface area contributed by atoms with Crippen molar-refractivity contribution in [2.75, 3.05) is 45.3 Å². The first kappa shape index (κ1) is 16.1. The zero-order valence-electron chi connectivity index (χ0n) is 14.3. The molecule has 3 heterocycles. The normalized spacial score (nSPS) is 21.6. The molecule has 2 saturated heterocycles. The Morgan fingerprint density at radius 3 is 2.61 bits per heavy atom. The topological polar surface area (TPSA) is 70.6 Å². The van der Waals surface area contributed by atoms with Crippen LogP contribution in [0.3, 0.4) is 0 Å². The van der Waals surface area contributed by atoms with Gasteiger partial charge < -0.3 is 19.9 Å². The summed E-state index contributed by atoms with van der Waals surface area (Å²) >= 11 is 0. The maximum absolute atomic E-state index is 12.3. The number of aryl methyl sites for hydroxylation is 1. The number of hydrogen-bond donors (Lipinski definition) is 1. The second kappa shape index (κ2) is 6.41. The molecule has 0 spiro atoms. The van der Waals surface area contributed by atoms with E-state index in [1.54, 1.807) is 0 Å². The molecule has 2 aliphatic heterocycles. The Labute approximate surface area is 137 Å². The molecule has 1 aromatic heterocycles. The van der Waals surface area contributed by atoms with Gasteiger partial charge in [-0.2, -0.15) is 0 Å². The van der Waals surface area contributed by atoms with Crippen molar-refractivity contribution < 1.29 is 9.53 Å². The number of anilines is 1. The van der Waals surface area contributed by atoms with E-state index in [4.69, 9.17) is 4.74 Å². The lowest BCUT2D eigenvalue weighted by atomic mass is 10.2. The number of nitrogens with zero attached hydrogens (tertiary/aromatic N) is 4. The summed E-state index contributed by atoms with van der Waals surface area (Å²) in [5, 5.41) is 2.91. The van der Waals surface area contributed by atoms with E-state index in [-0.39, 0.29) is 17.8 Å². The van der Waals surface area contributed by atoms with E-state index in [9.17, 15) is 4.79 Å². The fraction of sp³-hybridized carbons (Fsp3) is 0.688. The zero-order chi connectivity index (χ0) is 16.6. The largest absolute Gasteiger partial charge is 0.377 e. The second-order valence-corrected chi connectivity index (χ2v) is 6.64. The third kappa shape index (κ3) is 3.30. The Balaban J connectivity index is 1.81. The van der Waals surface area contributed by atoms with Crippen molar-refractivity contribution in [2.45, 2.75) is 32.4 Å². The summed E-state index contributed by atoms with van der Waals surface area (Å²) in [7, 11) is 4.21. The monoisotopic (exact) mass is 319 g/mol. The molecule has 1 amide bonds. The Bertz CT molecular complexity index is 600. The lowest BCUT2D eigenvalue weighted by Crippen LogP contribution is -2.49. The van der Waals surface area contributed by atoms with Gasteiger partial charge in [-0.05, 0) is 34.4 Å². The SMILES string of the molecule is Cc1nc(C(=O)NC2COC2)nc(N2CC[C@@H](N(C)C)C2)c1C. The van der Waals surface area contributed by atoms with Crippen LogP contribution in [0.25, 0.3) is 0 Å². The van der Waals surface area contributed by atoms with Crippen molar-refractivity contribution in [2.24, 2.45) is 0 Å². The quantitative estimate of drug-likeness (QED) is 0.864. The average Bonchev–Trinajstić information content (AvgIpc) is 2.95. The molecule has 0 radical (unpaired) electrons. The number of hydrogen-bond acceptors (Lipinski definition) is 6. The third-order valence-corrected chi connectivity index (χ3v) is 4.73. The number of rotatable bonds is 4. The third-order valence-electron chi connectivity index (χ3n) is 4.73. The summed E-state index contributed by atoms with van der Waals surface area (Å²) in [4.78, 5) is 25.8. The highest BCUT2D eigenvalue weighted by Gasteiger charge is 2.28. The van der Waals surface area contributed by atoms with E-state index < -0.39 is 0 Å². The van der Waals surface area contributed by atoms with Gasteiger partial charge in [0.25, 0.3) is 5.91 Å². The van der Waals surface area contributed by atoms with Gasteiger partial charge >= 0.3 is 0 Å². The van der Waals surface area contributed by atoms with Crippen LogP contribution in [-0.2, 0) is 4.74 Å². The fourth-order valence-electron chi connectivity index (χ4n) is 2.95. The van der Waals surface area contributed by atoms with E-state index in [1.165, 1.54) is 0 Å². The first-order valence-electron chi connectivity index (χ1n) is 8.11. The average molecular weight is 319 g/mol. The van der Waals surface area contributed by atoms with Crippen molar-refractivity contribution in [1.29, 1.82) is 0 Å². The molecule has 3 rings (SSSR count). The van der Waals surface area contributed by atoms with Crippen LogP contribution in [-0.4, -0.2) is 73.3 Å². The number of carbonyl (C=O) groups is 1. The van der Waals surface area contributed by atoms with Gasteiger partial charge in [0.1, 0.15) is 5.82 Å². The van der Waals surface area contributed by atoms with Gasteiger partial charge in [-0.3, -0.25) is 4.79 Å². The number of likely N-dealkylation sites (N-methyl/N-ethyl adjacent to an activating group) is 1. The summed E-state index contributed by atoms with van der Waals surface area (Å²) in [5.74, 6) is 0.922. The first-order valence-corrected chi connectivity index (χ1v) is 8.11. The van der Waals surface area contributed by atoms with Gasteiger partial charge in [0.05, 0.1) is 19.3 Å². The predicted molar refractivity (Wildman–Crippen MR) is 87.9 cm³/mol. The Hall–Kier alpha value is -1.73. The molecule has 2 fully saturated rings. The lowest BCUT2D eigenvalue weighted by molar-refractivity contribution is -0.00364. The number of nitrogens with one attached hydrogen (secondary N) is 1. The van der Waals surface area contributed by atoms with Crippen molar-refractivity contribution in [1.82, 2.24) is 20.2 Å². The van der Waals surface area contributed by atoms with Gasteiger partial charge in [0, 0.05) is 30.4 Å². The molecule has 1 aromatic rings. The summed E-state index contributed by atoms with van der Waals surface area (Å²) in [6, 6.07) is 0.607. The van der Waals surface area contributed by atoms with Crippen LogP contribution in [0.4, 0.5) is 5.82 Å². The Morgan fingerprint density at radius 2 is 2.04 bits per heavy atom. The van der Waals surface area contributed by atoms with E-state index in [0.29, 0.717) is 19.3 Å². The first-order chi connectivity index (χ1) is 11.0. The molecule has 1 atom stereocenters. The van der Waals surface area contributed by atoms with E-state index in [0.717, 1.165) is 36.6 Å². The smallest absolute Gasteiger partial charge is 0.289 e. The molecule has 0 bridgehead atoms. The van der Waals surface area contributed by atoms with Crippen molar-refractivity contribution in [3.8, 4) is 0 Å². The zero-order valence-corrected chi connectivity index (χ0v) is 14.3. The number of carbonyl (C=O) groups excluding carboxylic acids is 1. The van der Waals surface area contributed by atoms with Gasteiger partial charge in [-0.25, -0.2) is 9.97 Å². The minimum absolute atomic E-state index is 0.0843. The van der Waals surface area contributed by atoms with Crippen LogP contribution < -0.4 is 10.2 Å². The molecule has 0 unspecified atom stereocenters. The van der Waals surface area contributed by atoms with Crippen molar-refractivity contribution in [3.63, 3.8) is 0 Å².